The zero-order valence-electron chi connectivity index (χ0n) is 14.4. The van der Waals surface area contributed by atoms with E-state index in [0.29, 0.717) is 36.9 Å². The van der Waals surface area contributed by atoms with Crippen molar-refractivity contribution in [3.8, 4) is 0 Å². The first-order valence-electron chi connectivity index (χ1n) is 8.35. The van der Waals surface area contributed by atoms with Crippen LogP contribution in [0, 0.1) is 6.92 Å². The summed E-state index contributed by atoms with van der Waals surface area (Å²) < 4.78 is 5.32. The molecule has 11 heteroatoms. The van der Waals surface area contributed by atoms with Crippen molar-refractivity contribution >= 4 is 45.3 Å². The van der Waals surface area contributed by atoms with Crippen molar-refractivity contribution in [2.45, 2.75) is 13.3 Å². The highest BCUT2D eigenvalue weighted by molar-refractivity contribution is 8.13. The van der Waals surface area contributed by atoms with Crippen LogP contribution in [-0.2, 0) is 9.53 Å². The number of ether oxygens (including phenoxy) is 1. The monoisotopic (exact) mass is 399 g/mol. The first kappa shape index (κ1) is 18.9. The number of morpholine rings is 1. The molecule has 3 heterocycles. The number of rotatable bonds is 5. The van der Waals surface area contributed by atoms with Gasteiger partial charge in [0.15, 0.2) is 5.13 Å². The first-order valence-corrected chi connectivity index (χ1v) is 10.2. The molecule has 0 saturated carbocycles. The van der Waals surface area contributed by atoms with Crippen molar-refractivity contribution in [2.75, 3.05) is 50.0 Å². The van der Waals surface area contributed by atoms with E-state index in [9.17, 15) is 14.4 Å². The molecule has 2 fully saturated rings. The van der Waals surface area contributed by atoms with E-state index >= 15 is 0 Å². The second-order valence-corrected chi connectivity index (χ2v) is 7.89. The molecule has 0 spiro atoms. The number of thioether (sulfide) groups is 1. The molecule has 0 aliphatic carbocycles. The summed E-state index contributed by atoms with van der Waals surface area (Å²) in [5, 5.41) is 0.782. The topological polar surface area (TPSA) is 104 Å². The van der Waals surface area contributed by atoms with Gasteiger partial charge in [0.05, 0.1) is 18.9 Å². The summed E-state index contributed by atoms with van der Waals surface area (Å²) in [5.74, 6) is 0.0344. The van der Waals surface area contributed by atoms with Gasteiger partial charge in [-0.25, -0.2) is 4.98 Å². The Bertz CT molecular complexity index is 690. The van der Waals surface area contributed by atoms with E-state index in [1.807, 2.05) is 0 Å². The number of hydrogen-bond donors (Lipinski definition) is 2. The SMILES string of the molecule is Cc1nc(N2CCOCC2)sc1C(=O)NNC(=O)CCN1CCSC1=O. The standard InChI is InChI=1S/C15H21N5O4S2/c1-10-12(26-14(16-10)19-4-7-24-8-5-19)13(22)18-17-11(21)2-3-20-6-9-25-15(20)23/h2-9H2,1H3,(H,17,21)(H,18,22). The minimum atomic E-state index is -0.388. The van der Waals surface area contributed by atoms with E-state index in [1.54, 1.807) is 11.8 Å². The Labute approximate surface area is 159 Å². The molecule has 0 atom stereocenters. The Morgan fingerprint density at radius 1 is 1.23 bits per heavy atom. The third-order valence-corrected chi connectivity index (χ3v) is 6.15. The molecule has 2 N–H and O–H groups in total. The van der Waals surface area contributed by atoms with Gasteiger partial charge in [-0.3, -0.25) is 25.2 Å². The number of hydrazine groups is 1. The van der Waals surface area contributed by atoms with Crippen LogP contribution in [0.2, 0.25) is 0 Å². The van der Waals surface area contributed by atoms with Gasteiger partial charge in [0.2, 0.25) is 5.91 Å². The van der Waals surface area contributed by atoms with Gasteiger partial charge in [-0.15, -0.1) is 0 Å². The second-order valence-electron chi connectivity index (χ2n) is 5.86. The Morgan fingerprint density at radius 2 is 2.00 bits per heavy atom. The van der Waals surface area contributed by atoms with Crippen molar-refractivity contribution in [3.05, 3.63) is 10.6 Å². The fourth-order valence-electron chi connectivity index (χ4n) is 2.59. The summed E-state index contributed by atoms with van der Waals surface area (Å²) >= 11 is 2.56. The molecule has 0 radical (unpaired) electrons. The number of anilines is 1. The lowest BCUT2D eigenvalue weighted by molar-refractivity contribution is -0.122. The van der Waals surface area contributed by atoms with Crippen LogP contribution in [0.5, 0.6) is 0 Å². The predicted octanol–water partition coefficient (Wildman–Crippen LogP) is 0.608. The van der Waals surface area contributed by atoms with Gasteiger partial charge in [-0.2, -0.15) is 0 Å². The lowest BCUT2D eigenvalue weighted by Crippen LogP contribution is -2.42. The van der Waals surface area contributed by atoms with Gasteiger partial charge < -0.3 is 14.5 Å². The highest BCUT2D eigenvalue weighted by Gasteiger charge is 2.22. The number of aromatic nitrogens is 1. The minimum absolute atomic E-state index is 0.00207. The number of carbonyl (C=O) groups excluding carboxylic acids is 3. The number of carbonyl (C=O) groups is 3. The van der Waals surface area contributed by atoms with Crippen LogP contribution in [0.25, 0.3) is 0 Å². The molecule has 9 nitrogen and oxygen atoms in total. The predicted molar refractivity (Wildman–Crippen MR) is 99.5 cm³/mol. The molecule has 2 aliphatic rings. The van der Waals surface area contributed by atoms with E-state index in [1.165, 1.54) is 23.1 Å². The number of aryl methyl sites for hydroxylation is 1. The van der Waals surface area contributed by atoms with Crippen LogP contribution >= 0.6 is 23.1 Å². The average Bonchev–Trinajstić information content (AvgIpc) is 3.24. The third kappa shape index (κ3) is 4.65. The summed E-state index contributed by atoms with van der Waals surface area (Å²) in [5.41, 5.74) is 5.45. The van der Waals surface area contributed by atoms with E-state index in [0.717, 1.165) is 24.0 Å². The number of nitrogens with zero attached hydrogens (tertiary/aromatic N) is 3. The van der Waals surface area contributed by atoms with E-state index in [2.05, 4.69) is 20.7 Å². The molecular formula is C15H21N5O4S2. The Hall–Kier alpha value is -1.85. The van der Waals surface area contributed by atoms with Crippen LogP contribution in [-0.4, -0.2) is 72.1 Å². The second kappa shape index (κ2) is 8.69. The number of hydrogen-bond acceptors (Lipinski definition) is 8. The van der Waals surface area contributed by atoms with Gasteiger partial charge in [0.25, 0.3) is 11.1 Å². The van der Waals surface area contributed by atoms with Crippen molar-refractivity contribution in [2.24, 2.45) is 0 Å². The number of nitrogens with one attached hydrogen (secondary N) is 2. The molecule has 1 aromatic heterocycles. The first-order chi connectivity index (χ1) is 12.5. The van der Waals surface area contributed by atoms with Crippen molar-refractivity contribution in [1.29, 1.82) is 0 Å². The molecule has 0 unspecified atom stereocenters. The molecule has 3 rings (SSSR count). The van der Waals surface area contributed by atoms with Crippen molar-refractivity contribution in [1.82, 2.24) is 20.7 Å². The van der Waals surface area contributed by atoms with Gasteiger partial charge in [-0.1, -0.05) is 23.1 Å². The lowest BCUT2D eigenvalue weighted by Gasteiger charge is -2.25. The molecular weight excluding hydrogens is 378 g/mol. The van der Waals surface area contributed by atoms with Gasteiger partial charge in [0.1, 0.15) is 4.88 Å². The quantitative estimate of drug-likeness (QED) is 0.699. The van der Waals surface area contributed by atoms with Crippen LogP contribution in [0.3, 0.4) is 0 Å². The maximum Gasteiger partial charge on any atom is 0.281 e. The Morgan fingerprint density at radius 3 is 2.69 bits per heavy atom. The van der Waals surface area contributed by atoms with Crippen molar-refractivity contribution < 1.29 is 19.1 Å². The Kier molecular flexibility index (Phi) is 6.33. The van der Waals surface area contributed by atoms with Crippen molar-refractivity contribution in [3.63, 3.8) is 0 Å². The molecule has 0 aromatic carbocycles. The fraction of sp³-hybridized carbons (Fsp3) is 0.600. The highest BCUT2D eigenvalue weighted by atomic mass is 32.2. The minimum Gasteiger partial charge on any atom is -0.378 e. The molecule has 26 heavy (non-hydrogen) atoms. The van der Waals surface area contributed by atoms with E-state index in [-0.39, 0.29) is 23.5 Å². The summed E-state index contributed by atoms with van der Waals surface area (Å²) in [6, 6.07) is 0. The van der Waals surface area contributed by atoms with Gasteiger partial charge >= 0.3 is 0 Å². The van der Waals surface area contributed by atoms with Crippen LogP contribution < -0.4 is 15.8 Å². The maximum absolute atomic E-state index is 12.3. The highest BCUT2D eigenvalue weighted by Crippen LogP contribution is 2.26. The lowest BCUT2D eigenvalue weighted by atomic mass is 10.3. The molecule has 1 aromatic rings. The van der Waals surface area contributed by atoms with Crippen LogP contribution in [0.4, 0.5) is 9.93 Å². The normalized spacial score (nSPS) is 17.5. The molecule has 3 amide bonds. The molecule has 2 saturated heterocycles. The summed E-state index contributed by atoms with van der Waals surface area (Å²) in [4.78, 5) is 44.3. The zero-order valence-corrected chi connectivity index (χ0v) is 16.1. The number of thiazole rings is 1. The summed E-state index contributed by atoms with van der Waals surface area (Å²) in [7, 11) is 0. The Balaban J connectivity index is 1.47. The summed E-state index contributed by atoms with van der Waals surface area (Å²) in [6.45, 7) is 5.58. The van der Waals surface area contributed by atoms with Crippen LogP contribution in [0.1, 0.15) is 21.8 Å². The fourth-order valence-corrected chi connectivity index (χ4v) is 4.46. The molecule has 2 aliphatic heterocycles. The van der Waals surface area contributed by atoms with E-state index in [4.69, 9.17) is 4.74 Å². The van der Waals surface area contributed by atoms with Gasteiger partial charge in [-0.05, 0) is 6.92 Å². The molecule has 0 bridgehead atoms. The average molecular weight is 399 g/mol. The van der Waals surface area contributed by atoms with Crippen LogP contribution in [0.15, 0.2) is 0 Å². The molecule has 142 valence electrons. The van der Waals surface area contributed by atoms with Gasteiger partial charge in [0, 0.05) is 38.4 Å². The summed E-state index contributed by atoms with van der Waals surface area (Å²) in [6.07, 6.45) is 0.146. The third-order valence-electron chi connectivity index (χ3n) is 4.04. The largest absolute Gasteiger partial charge is 0.378 e. The zero-order chi connectivity index (χ0) is 18.5. The smallest absolute Gasteiger partial charge is 0.281 e. The number of amides is 3. The maximum atomic E-state index is 12.3. The van der Waals surface area contributed by atoms with E-state index < -0.39 is 0 Å².